The molecule has 2 aliphatic heterocycles. The van der Waals surface area contributed by atoms with E-state index in [1.807, 2.05) is 29.3 Å². The number of amides is 1. The van der Waals surface area contributed by atoms with E-state index in [1.165, 1.54) is 5.56 Å². The van der Waals surface area contributed by atoms with Gasteiger partial charge in [0.15, 0.2) is 0 Å². The van der Waals surface area contributed by atoms with E-state index >= 15 is 0 Å². The molecule has 2 heterocycles. The highest BCUT2D eigenvalue weighted by atomic mass is 16.2. The molecule has 3 rings (SSSR count). The molecule has 20 heavy (non-hydrogen) atoms. The van der Waals surface area contributed by atoms with Crippen LogP contribution in [0.25, 0.3) is 0 Å². The maximum absolute atomic E-state index is 12.4. The zero-order valence-corrected chi connectivity index (χ0v) is 11.7. The van der Waals surface area contributed by atoms with Crippen molar-refractivity contribution in [3.05, 3.63) is 59.9 Å². The van der Waals surface area contributed by atoms with Crippen molar-refractivity contribution in [2.45, 2.75) is 25.8 Å². The molecule has 1 aromatic rings. The number of benzene rings is 1. The van der Waals surface area contributed by atoms with Crippen molar-refractivity contribution in [2.24, 2.45) is 0 Å². The van der Waals surface area contributed by atoms with Gasteiger partial charge in [-0.3, -0.25) is 4.79 Å². The van der Waals surface area contributed by atoms with Crippen molar-refractivity contribution >= 4 is 5.91 Å². The van der Waals surface area contributed by atoms with Gasteiger partial charge in [-0.25, -0.2) is 0 Å². The largest absolute Gasteiger partial charge is 0.350 e. The van der Waals surface area contributed by atoms with Gasteiger partial charge in [-0.2, -0.15) is 0 Å². The van der Waals surface area contributed by atoms with Crippen molar-refractivity contribution in [1.29, 1.82) is 0 Å². The number of carbonyl (C=O) groups is 1. The van der Waals surface area contributed by atoms with Gasteiger partial charge in [0.05, 0.1) is 0 Å². The van der Waals surface area contributed by atoms with Crippen LogP contribution in [0.5, 0.6) is 0 Å². The molecule has 3 nitrogen and oxygen atoms in total. The highest BCUT2D eigenvalue weighted by Crippen LogP contribution is 2.19. The van der Waals surface area contributed by atoms with Gasteiger partial charge in [-0.05, 0) is 24.8 Å². The number of carbonyl (C=O) groups excluding carboxylic acids is 1. The van der Waals surface area contributed by atoms with Crippen molar-refractivity contribution in [3.8, 4) is 0 Å². The second-order valence-electron chi connectivity index (χ2n) is 5.40. The molecule has 0 aliphatic carbocycles. The Morgan fingerprint density at radius 2 is 1.85 bits per heavy atom. The lowest BCUT2D eigenvalue weighted by Gasteiger charge is -2.24. The zero-order chi connectivity index (χ0) is 13.8. The predicted molar refractivity (Wildman–Crippen MR) is 79.6 cm³/mol. The Morgan fingerprint density at radius 3 is 2.60 bits per heavy atom. The summed E-state index contributed by atoms with van der Waals surface area (Å²) in [7, 11) is 0. The zero-order valence-electron chi connectivity index (χ0n) is 11.7. The fraction of sp³-hybridized carbons (Fsp3) is 0.353. The summed E-state index contributed by atoms with van der Waals surface area (Å²) in [5.41, 5.74) is 2.16. The van der Waals surface area contributed by atoms with Crippen LogP contribution in [0.15, 0.2) is 54.4 Å². The summed E-state index contributed by atoms with van der Waals surface area (Å²) in [4.78, 5) is 16.5. The first-order valence-corrected chi connectivity index (χ1v) is 7.29. The lowest BCUT2D eigenvalue weighted by Crippen LogP contribution is -2.30. The van der Waals surface area contributed by atoms with E-state index in [0.29, 0.717) is 0 Å². The molecule has 3 heteroatoms. The van der Waals surface area contributed by atoms with Gasteiger partial charge in [-0.1, -0.05) is 36.4 Å². The monoisotopic (exact) mass is 268 g/mol. The molecule has 0 saturated carbocycles. The molecular weight excluding hydrogens is 248 g/mol. The SMILES string of the molecule is O=C(C1=CN(Cc2ccccc2)C=CC1)N1CCCC1. The van der Waals surface area contributed by atoms with Gasteiger partial charge >= 0.3 is 0 Å². The van der Waals surface area contributed by atoms with Gasteiger partial charge in [0.25, 0.3) is 5.91 Å². The Morgan fingerprint density at radius 1 is 1.10 bits per heavy atom. The second kappa shape index (κ2) is 5.95. The third-order valence-corrected chi connectivity index (χ3v) is 3.83. The molecule has 0 spiro atoms. The smallest absolute Gasteiger partial charge is 0.251 e. The number of rotatable bonds is 3. The van der Waals surface area contributed by atoms with Crippen LogP contribution in [0.3, 0.4) is 0 Å². The summed E-state index contributed by atoms with van der Waals surface area (Å²) < 4.78 is 0. The van der Waals surface area contributed by atoms with Gasteiger partial charge in [0.2, 0.25) is 0 Å². The Balaban J connectivity index is 1.68. The summed E-state index contributed by atoms with van der Waals surface area (Å²) in [5.74, 6) is 0.213. The fourth-order valence-electron chi connectivity index (χ4n) is 2.77. The molecule has 0 N–H and O–H groups in total. The lowest BCUT2D eigenvalue weighted by atomic mass is 10.1. The first-order valence-electron chi connectivity index (χ1n) is 7.29. The standard InChI is InChI=1S/C17H20N2O/c20-17(19-11-4-5-12-19)16-9-6-10-18(14-16)13-15-7-2-1-3-8-15/h1-3,6-8,10,14H,4-5,9,11-13H2. The number of hydrogen-bond acceptors (Lipinski definition) is 2. The predicted octanol–water partition coefficient (Wildman–Crippen LogP) is 2.91. The van der Waals surface area contributed by atoms with Crippen LogP contribution in [-0.2, 0) is 11.3 Å². The van der Waals surface area contributed by atoms with E-state index in [1.54, 1.807) is 0 Å². The highest BCUT2D eigenvalue weighted by Gasteiger charge is 2.22. The third-order valence-electron chi connectivity index (χ3n) is 3.83. The van der Waals surface area contributed by atoms with Crippen LogP contribution in [0.1, 0.15) is 24.8 Å². The molecule has 0 unspecified atom stereocenters. The van der Waals surface area contributed by atoms with E-state index in [0.717, 1.165) is 44.5 Å². The van der Waals surface area contributed by atoms with Gasteiger partial charge < -0.3 is 9.80 Å². The molecule has 0 radical (unpaired) electrons. The number of likely N-dealkylation sites (tertiary alicyclic amines) is 1. The van der Waals surface area contributed by atoms with E-state index in [4.69, 9.17) is 0 Å². The van der Waals surface area contributed by atoms with Crippen molar-refractivity contribution < 1.29 is 4.79 Å². The number of nitrogens with zero attached hydrogens (tertiary/aromatic N) is 2. The molecular formula is C17H20N2O. The third kappa shape index (κ3) is 2.93. The Hall–Kier alpha value is -2.03. The molecule has 1 amide bonds. The first-order chi connectivity index (χ1) is 9.83. The molecule has 0 atom stereocenters. The minimum absolute atomic E-state index is 0.213. The number of allylic oxidation sites excluding steroid dienone is 1. The average molecular weight is 268 g/mol. The molecule has 1 fully saturated rings. The van der Waals surface area contributed by atoms with Crippen molar-refractivity contribution in [3.63, 3.8) is 0 Å². The van der Waals surface area contributed by atoms with Crippen LogP contribution in [0.2, 0.25) is 0 Å². The Bertz CT molecular complexity index is 527. The van der Waals surface area contributed by atoms with Crippen LogP contribution in [0, 0.1) is 0 Å². The summed E-state index contributed by atoms with van der Waals surface area (Å²) in [6.07, 6.45) is 9.18. The average Bonchev–Trinajstić information content (AvgIpc) is 3.02. The molecule has 104 valence electrons. The van der Waals surface area contributed by atoms with E-state index in [2.05, 4.69) is 29.3 Å². The Labute approximate surface area is 120 Å². The minimum atomic E-state index is 0.213. The van der Waals surface area contributed by atoms with Crippen LogP contribution >= 0.6 is 0 Å². The van der Waals surface area contributed by atoms with Crippen LogP contribution in [0.4, 0.5) is 0 Å². The van der Waals surface area contributed by atoms with Crippen molar-refractivity contribution in [2.75, 3.05) is 13.1 Å². The fourth-order valence-corrected chi connectivity index (χ4v) is 2.77. The molecule has 1 aromatic carbocycles. The second-order valence-corrected chi connectivity index (χ2v) is 5.40. The molecule has 1 saturated heterocycles. The van der Waals surface area contributed by atoms with Crippen LogP contribution in [-0.4, -0.2) is 28.8 Å². The Kier molecular flexibility index (Phi) is 3.86. The quantitative estimate of drug-likeness (QED) is 0.841. The minimum Gasteiger partial charge on any atom is -0.350 e. The summed E-state index contributed by atoms with van der Waals surface area (Å²) >= 11 is 0. The maximum Gasteiger partial charge on any atom is 0.251 e. The van der Waals surface area contributed by atoms with Crippen LogP contribution < -0.4 is 0 Å². The van der Waals surface area contributed by atoms with E-state index in [9.17, 15) is 4.79 Å². The van der Waals surface area contributed by atoms with Crippen molar-refractivity contribution in [1.82, 2.24) is 9.80 Å². The first kappa shape index (κ1) is 13.0. The summed E-state index contributed by atoms with van der Waals surface area (Å²) in [6.45, 7) is 2.64. The lowest BCUT2D eigenvalue weighted by molar-refractivity contribution is -0.126. The number of hydrogen-bond donors (Lipinski definition) is 0. The highest BCUT2D eigenvalue weighted by molar-refractivity contribution is 5.94. The molecule has 2 aliphatic rings. The molecule has 0 aromatic heterocycles. The summed E-state index contributed by atoms with van der Waals surface area (Å²) in [5, 5.41) is 0. The van der Waals surface area contributed by atoms with Gasteiger partial charge in [-0.15, -0.1) is 0 Å². The summed E-state index contributed by atoms with van der Waals surface area (Å²) in [6, 6.07) is 10.3. The topological polar surface area (TPSA) is 23.6 Å². The maximum atomic E-state index is 12.4. The van der Waals surface area contributed by atoms with Gasteiger partial charge in [0.1, 0.15) is 0 Å². The van der Waals surface area contributed by atoms with E-state index in [-0.39, 0.29) is 5.91 Å². The van der Waals surface area contributed by atoms with E-state index < -0.39 is 0 Å². The molecule has 0 bridgehead atoms. The van der Waals surface area contributed by atoms with Gasteiger partial charge in [0, 0.05) is 37.6 Å². The normalized spacial score (nSPS) is 18.3.